The van der Waals surface area contributed by atoms with E-state index in [-0.39, 0.29) is 5.75 Å². The van der Waals surface area contributed by atoms with Gasteiger partial charge in [0, 0.05) is 25.8 Å². The third-order valence-corrected chi connectivity index (χ3v) is 3.77. The fourth-order valence-corrected chi connectivity index (χ4v) is 2.63. The molecule has 4 nitrogen and oxygen atoms in total. The van der Waals surface area contributed by atoms with Gasteiger partial charge in [-0.25, -0.2) is 0 Å². The molecule has 0 radical (unpaired) electrons. The maximum Gasteiger partial charge on any atom is 0.138 e. The lowest BCUT2D eigenvalue weighted by Crippen LogP contribution is -2.38. The number of anilines is 2. The summed E-state index contributed by atoms with van der Waals surface area (Å²) in [6.45, 7) is 4.49. The van der Waals surface area contributed by atoms with Crippen molar-refractivity contribution < 1.29 is 5.11 Å². The molecule has 0 saturated carbocycles. The summed E-state index contributed by atoms with van der Waals surface area (Å²) in [5.41, 5.74) is 4.10. The van der Waals surface area contributed by atoms with Gasteiger partial charge >= 0.3 is 0 Å². The molecule has 2 aromatic rings. The van der Waals surface area contributed by atoms with Crippen LogP contribution in [0.3, 0.4) is 0 Å². The van der Waals surface area contributed by atoms with Crippen molar-refractivity contribution in [1.82, 2.24) is 4.98 Å². The van der Waals surface area contributed by atoms with Crippen LogP contribution < -0.4 is 9.80 Å². The Kier molecular flexibility index (Phi) is 3.22. The maximum atomic E-state index is 9.97. The molecule has 2 heterocycles. The molecule has 0 spiro atoms. The average Bonchev–Trinajstić information content (AvgIpc) is 2.46. The van der Waals surface area contributed by atoms with Crippen LogP contribution in [0.25, 0.3) is 0 Å². The number of hydrogen-bond donors (Lipinski definition) is 1. The number of pyridine rings is 1. The van der Waals surface area contributed by atoms with Crippen molar-refractivity contribution in [1.29, 1.82) is 0 Å². The SMILES string of the molecule is Cc1ccc(O)c(CN2CCN(C)c3ccccc32)n1. The van der Waals surface area contributed by atoms with Gasteiger partial charge in [-0.1, -0.05) is 12.1 Å². The van der Waals surface area contributed by atoms with E-state index in [0.29, 0.717) is 6.54 Å². The zero-order valence-electron chi connectivity index (χ0n) is 11.9. The number of rotatable bonds is 2. The minimum absolute atomic E-state index is 0.270. The smallest absolute Gasteiger partial charge is 0.138 e. The van der Waals surface area contributed by atoms with Crippen LogP contribution in [0.2, 0.25) is 0 Å². The number of aromatic hydroxyl groups is 1. The van der Waals surface area contributed by atoms with Crippen LogP contribution in [0.15, 0.2) is 36.4 Å². The lowest BCUT2D eigenvalue weighted by molar-refractivity contribution is 0.462. The molecule has 0 atom stereocenters. The van der Waals surface area contributed by atoms with Crippen LogP contribution in [-0.2, 0) is 6.54 Å². The summed E-state index contributed by atoms with van der Waals surface area (Å²) in [7, 11) is 2.11. The Morgan fingerprint density at radius 3 is 2.65 bits per heavy atom. The number of nitrogens with zero attached hydrogens (tertiary/aromatic N) is 3. The second-order valence-electron chi connectivity index (χ2n) is 5.25. The van der Waals surface area contributed by atoms with E-state index in [9.17, 15) is 5.11 Å². The van der Waals surface area contributed by atoms with E-state index in [4.69, 9.17) is 0 Å². The minimum atomic E-state index is 0.270. The minimum Gasteiger partial charge on any atom is -0.506 e. The first kappa shape index (κ1) is 12.8. The van der Waals surface area contributed by atoms with E-state index < -0.39 is 0 Å². The monoisotopic (exact) mass is 269 g/mol. The van der Waals surface area contributed by atoms with Gasteiger partial charge < -0.3 is 14.9 Å². The highest BCUT2D eigenvalue weighted by Gasteiger charge is 2.21. The number of likely N-dealkylation sites (N-methyl/N-ethyl adjacent to an activating group) is 1. The van der Waals surface area contributed by atoms with E-state index in [1.807, 2.05) is 13.0 Å². The molecular formula is C16H19N3O. The number of aryl methyl sites for hydroxylation is 1. The highest BCUT2D eigenvalue weighted by atomic mass is 16.3. The van der Waals surface area contributed by atoms with E-state index in [1.54, 1.807) is 6.07 Å². The maximum absolute atomic E-state index is 9.97. The zero-order valence-corrected chi connectivity index (χ0v) is 11.9. The number of benzene rings is 1. The molecule has 104 valence electrons. The Labute approximate surface area is 119 Å². The average molecular weight is 269 g/mol. The Morgan fingerprint density at radius 1 is 1.10 bits per heavy atom. The lowest BCUT2D eigenvalue weighted by Gasteiger charge is -2.36. The Bertz CT molecular complexity index is 627. The first-order chi connectivity index (χ1) is 9.65. The molecule has 1 aliphatic heterocycles. The number of fused-ring (bicyclic) bond motifs is 1. The molecule has 0 fully saturated rings. The predicted molar refractivity (Wildman–Crippen MR) is 81.4 cm³/mol. The van der Waals surface area contributed by atoms with Crippen molar-refractivity contribution in [3.63, 3.8) is 0 Å². The summed E-state index contributed by atoms with van der Waals surface area (Å²) in [5, 5.41) is 9.97. The lowest BCUT2D eigenvalue weighted by atomic mass is 10.1. The largest absolute Gasteiger partial charge is 0.506 e. The van der Waals surface area contributed by atoms with Gasteiger partial charge in [0.2, 0.25) is 0 Å². The van der Waals surface area contributed by atoms with E-state index in [0.717, 1.165) is 24.5 Å². The first-order valence-electron chi connectivity index (χ1n) is 6.86. The second-order valence-corrected chi connectivity index (χ2v) is 5.25. The Hall–Kier alpha value is -2.23. The standard InChI is InChI=1S/C16H19N3O/c1-12-7-8-16(20)13(17-12)11-19-10-9-18(2)14-5-3-4-6-15(14)19/h3-8,20H,9-11H2,1-2H3. The molecule has 1 aromatic heterocycles. The normalized spacial score (nSPS) is 14.3. The van der Waals surface area contributed by atoms with Gasteiger partial charge in [-0.3, -0.25) is 4.98 Å². The number of aromatic nitrogens is 1. The van der Waals surface area contributed by atoms with Crippen molar-refractivity contribution in [2.24, 2.45) is 0 Å². The van der Waals surface area contributed by atoms with Crippen molar-refractivity contribution >= 4 is 11.4 Å². The Morgan fingerprint density at radius 2 is 1.85 bits per heavy atom. The van der Waals surface area contributed by atoms with Gasteiger partial charge in [0.25, 0.3) is 0 Å². The topological polar surface area (TPSA) is 39.6 Å². The van der Waals surface area contributed by atoms with Crippen molar-refractivity contribution in [3.05, 3.63) is 47.8 Å². The molecule has 1 N–H and O–H groups in total. The fourth-order valence-electron chi connectivity index (χ4n) is 2.63. The number of hydrogen-bond acceptors (Lipinski definition) is 4. The molecule has 20 heavy (non-hydrogen) atoms. The number of para-hydroxylation sites is 2. The molecule has 4 heteroatoms. The summed E-state index contributed by atoms with van der Waals surface area (Å²) >= 11 is 0. The molecule has 0 saturated heterocycles. The summed E-state index contributed by atoms with van der Waals surface area (Å²) in [6, 6.07) is 11.9. The third-order valence-electron chi connectivity index (χ3n) is 3.77. The van der Waals surface area contributed by atoms with Crippen LogP contribution in [0, 0.1) is 6.92 Å². The van der Waals surface area contributed by atoms with Gasteiger partial charge in [-0.2, -0.15) is 0 Å². The fraction of sp³-hybridized carbons (Fsp3) is 0.312. The summed E-state index contributed by atoms with van der Waals surface area (Å²) in [6.07, 6.45) is 0. The van der Waals surface area contributed by atoms with Crippen LogP contribution in [0.4, 0.5) is 11.4 Å². The van der Waals surface area contributed by atoms with Gasteiger partial charge in [-0.15, -0.1) is 0 Å². The molecule has 3 rings (SSSR count). The molecule has 0 unspecified atom stereocenters. The molecule has 0 bridgehead atoms. The summed E-state index contributed by atoms with van der Waals surface area (Å²) < 4.78 is 0. The quantitative estimate of drug-likeness (QED) is 0.909. The molecular weight excluding hydrogens is 250 g/mol. The van der Waals surface area contributed by atoms with Crippen molar-refractivity contribution in [2.75, 3.05) is 29.9 Å². The molecule has 0 amide bonds. The summed E-state index contributed by atoms with van der Waals surface area (Å²) in [5.74, 6) is 0.270. The van der Waals surface area contributed by atoms with Gasteiger partial charge in [0.15, 0.2) is 0 Å². The summed E-state index contributed by atoms with van der Waals surface area (Å²) in [4.78, 5) is 8.99. The predicted octanol–water partition coefficient (Wildman–Crippen LogP) is 2.55. The van der Waals surface area contributed by atoms with Gasteiger partial charge in [0.1, 0.15) is 11.4 Å². The Balaban J connectivity index is 1.92. The molecule has 1 aliphatic rings. The van der Waals surface area contributed by atoms with Crippen molar-refractivity contribution in [2.45, 2.75) is 13.5 Å². The van der Waals surface area contributed by atoms with Crippen LogP contribution in [-0.4, -0.2) is 30.2 Å². The highest BCUT2D eigenvalue weighted by molar-refractivity contribution is 5.73. The molecule has 1 aromatic carbocycles. The van der Waals surface area contributed by atoms with Gasteiger partial charge in [0.05, 0.1) is 17.9 Å². The van der Waals surface area contributed by atoms with Crippen LogP contribution in [0.1, 0.15) is 11.4 Å². The molecule has 0 aliphatic carbocycles. The van der Waals surface area contributed by atoms with E-state index >= 15 is 0 Å². The van der Waals surface area contributed by atoms with Gasteiger partial charge in [-0.05, 0) is 31.2 Å². The highest BCUT2D eigenvalue weighted by Crippen LogP contribution is 2.33. The first-order valence-corrected chi connectivity index (χ1v) is 6.86. The van der Waals surface area contributed by atoms with Crippen LogP contribution in [0.5, 0.6) is 5.75 Å². The third kappa shape index (κ3) is 2.29. The zero-order chi connectivity index (χ0) is 14.1. The van der Waals surface area contributed by atoms with Crippen molar-refractivity contribution in [3.8, 4) is 5.75 Å². The van der Waals surface area contributed by atoms with Crippen LogP contribution >= 0.6 is 0 Å². The van der Waals surface area contributed by atoms with E-state index in [2.05, 4.69) is 46.1 Å². The van der Waals surface area contributed by atoms with E-state index in [1.165, 1.54) is 11.4 Å². The second kappa shape index (κ2) is 5.04.